The van der Waals surface area contributed by atoms with Gasteiger partial charge < -0.3 is 9.47 Å². The van der Waals surface area contributed by atoms with Gasteiger partial charge in [-0.1, -0.05) is 11.6 Å². The first-order valence-corrected chi connectivity index (χ1v) is 5.89. The number of halogens is 4. The Labute approximate surface area is 113 Å². The first-order valence-electron chi connectivity index (χ1n) is 5.51. The van der Waals surface area contributed by atoms with Gasteiger partial charge in [0.25, 0.3) is 5.78 Å². The highest BCUT2D eigenvalue weighted by Gasteiger charge is 2.40. The second kappa shape index (κ2) is 6.14. The van der Waals surface area contributed by atoms with Crippen molar-refractivity contribution in [2.75, 3.05) is 13.2 Å². The summed E-state index contributed by atoms with van der Waals surface area (Å²) in [5, 5.41) is -0.0969. The van der Waals surface area contributed by atoms with Crippen molar-refractivity contribution in [3.63, 3.8) is 0 Å². The van der Waals surface area contributed by atoms with Gasteiger partial charge in [0, 0.05) is 5.56 Å². The quantitative estimate of drug-likeness (QED) is 0.774. The molecule has 0 N–H and O–H groups in total. The van der Waals surface area contributed by atoms with E-state index in [1.165, 1.54) is 0 Å². The summed E-state index contributed by atoms with van der Waals surface area (Å²) < 4.78 is 47.4. The van der Waals surface area contributed by atoms with Crippen LogP contribution in [0.15, 0.2) is 12.1 Å². The van der Waals surface area contributed by atoms with Gasteiger partial charge in [-0.25, -0.2) is 0 Å². The van der Waals surface area contributed by atoms with Crippen LogP contribution in [0.2, 0.25) is 5.02 Å². The lowest BCUT2D eigenvalue weighted by Gasteiger charge is -2.14. The third-order valence-corrected chi connectivity index (χ3v) is 2.40. The summed E-state index contributed by atoms with van der Waals surface area (Å²) in [6.45, 7) is 3.83. The number of ether oxygens (including phenoxy) is 2. The van der Waals surface area contributed by atoms with E-state index in [0.29, 0.717) is 0 Å². The molecular formula is C12H12ClF3O3. The first kappa shape index (κ1) is 15.6. The Morgan fingerprint density at radius 2 is 1.79 bits per heavy atom. The molecule has 0 unspecified atom stereocenters. The molecule has 0 fully saturated rings. The van der Waals surface area contributed by atoms with Gasteiger partial charge in [-0.2, -0.15) is 13.2 Å². The smallest absolute Gasteiger partial charge is 0.454 e. The van der Waals surface area contributed by atoms with Crippen molar-refractivity contribution in [2.24, 2.45) is 0 Å². The predicted octanol–water partition coefficient (Wildman–Crippen LogP) is 3.88. The summed E-state index contributed by atoms with van der Waals surface area (Å²) in [5.41, 5.74) is -0.579. The van der Waals surface area contributed by atoms with Crippen LogP contribution in [-0.2, 0) is 0 Å². The third kappa shape index (κ3) is 3.76. The van der Waals surface area contributed by atoms with Crippen LogP contribution in [0.25, 0.3) is 0 Å². The molecule has 0 aliphatic carbocycles. The average molecular weight is 297 g/mol. The topological polar surface area (TPSA) is 35.5 Å². The highest BCUT2D eigenvalue weighted by Crippen LogP contribution is 2.38. The summed E-state index contributed by atoms with van der Waals surface area (Å²) in [5.74, 6) is -1.83. The van der Waals surface area contributed by atoms with Gasteiger partial charge in [-0.3, -0.25) is 4.79 Å². The maximum Gasteiger partial charge on any atom is 0.454 e. The Balaban J connectivity index is 3.27. The van der Waals surface area contributed by atoms with Gasteiger partial charge in [0.1, 0.15) is 0 Å². The number of hydrogen-bond donors (Lipinski definition) is 0. The zero-order chi connectivity index (χ0) is 14.6. The van der Waals surface area contributed by atoms with Gasteiger partial charge in [-0.15, -0.1) is 0 Å². The number of ketones is 1. The van der Waals surface area contributed by atoms with Gasteiger partial charge in [0.2, 0.25) is 0 Å². The van der Waals surface area contributed by atoms with E-state index in [2.05, 4.69) is 0 Å². The lowest BCUT2D eigenvalue weighted by molar-refractivity contribution is -0.0885. The Morgan fingerprint density at radius 1 is 1.21 bits per heavy atom. The lowest BCUT2D eigenvalue weighted by Crippen LogP contribution is -2.22. The largest absolute Gasteiger partial charge is 0.490 e. The number of carbonyl (C=O) groups excluding carboxylic acids is 1. The molecule has 0 saturated heterocycles. The molecule has 1 rings (SSSR count). The van der Waals surface area contributed by atoms with Gasteiger partial charge in [0.05, 0.1) is 18.2 Å². The maximum absolute atomic E-state index is 12.4. The number of alkyl halides is 3. The highest BCUT2D eigenvalue weighted by molar-refractivity contribution is 6.32. The van der Waals surface area contributed by atoms with E-state index in [4.69, 9.17) is 21.1 Å². The minimum Gasteiger partial charge on any atom is -0.490 e. The Kier molecular flexibility index (Phi) is 5.05. The molecule has 0 amide bonds. The fraction of sp³-hybridized carbons (Fsp3) is 0.417. The van der Waals surface area contributed by atoms with Crippen LogP contribution in [0, 0.1) is 0 Å². The van der Waals surface area contributed by atoms with E-state index in [-0.39, 0.29) is 29.7 Å². The summed E-state index contributed by atoms with van der Waals surface area (Å²) in [6.07, 6.45) is -4.96. The van der Waals surface area contributed by atoms with Crippen molar-refractivity contribution < 1.29 is 27.4 Å². The monoisotopic (exact) mass is 296 g/mol. The van der Waals surface area contributed by atoms with E-state index >= 15 is 0 Å². The van der Waals surface area contributed by atoms with E-state index in [9.17, 15) is 18.0 Å². The Hall–Kier alpha value is -1.43. The third-order valence-electron chi connectivity index (χ3n) is 2.12. The van der Waals surface area contributed by atoms with Gasteiger partial charge >= 0.3 is 6.18 Å². The molecule has 3 nitrogen and oxygen atoms in total. The van der Waals surface area contributed by atoms with E-state index in [0.717, 1.165) is 12.1 Å². The molecule has 1 aromatic carbocycles. The fourth-order valence-electron chi connectivity index (χ4n) is 1.41. The summed E-state index contributed by atoms with van der Waals surface area (Å²) >= 11 is 5.82. The fourth-order valence-corrected chi connectivity index (χ4v) is 1.68. The van der Waals surface area contributed by atoms with Crippen molar-refractivity contribution in [2.45, 2.75) is 20.0 Å². The second-order valence-electron chi connectivity index (χ2n) is 3.48. The molecule has 7 heteroatoms. The summed E-state index contributed by atoms with van der Waals surface area (Å²) in [6, 6.07) is 1.90. The van der Waals surface area contributed by atoms with Crippen molar-refractivity contribution in [1.82, 2.24) is 0 Å². The summed E-state index contributed by atoms with van der Waals surface area (Å²) in [7, 11) is 0. The zero-order valence-corrected chi connectivity index (χ0v) is 11.1. The minimum atomic E-state index is -4.96. The molecule has 0 atom stereocenters. The molecule has 19 heavy (non-hydrogen) atoms. The zero-order valence-electron chi connectivity index (χ0n) is 10.3. The Morgan fingerprint density at radius 3 is 2.26 bits per heavy atom. The van der Waals surface area contributed by atoms with Gasteiger partial charge in [0.15, 0.2) is 11.5 Å². The van der Waals surface area contributed by atoms with E-state index in [1.807, 2.05) is 0 Å². The first-order chi connectivity index (χ1) is 8.81. The molecule has 0 aromatic heterocycles. The molecule has 0 saturated carbocycles. The normalized spacial score (nSPS) is 11.3. The van der Waals surface area contributed by atoms with Crippen LogP contribution in [0.4, 0.5) is 13.2 Å². The van der Waals surface area contributed by atoms with Crippen LogP contribution in [0.5, 0.6) is 11.5 Å². The molecule has 0 spiro atoms. The van der Waals surface area contributed by atoms with Crippen LogP contribution in [-0.4, -0.2) is 25.2 Å². The summed E-state index contributed by atoms with van der Waals surface area (Å²) in [4.78, 5) is 11.2. The van der Waals surface area contributed by atoms with Crippen molar-refractivity contribution in [1.29, 1.82) is 0 Å². The van der Waals surface area contributed by atoms with Crippen molar-refractivity contribution in [3.05, 3.63) is 22.7 Å². The highest BCUT2D eigenvalue weighted by atomic mass is 35.5. The number of hydrogen-bond acceptors (Lipinski definition) is 3. The van der Waals surface area contributed by atoms with Crippen molar-refractivity contribution >= 4 is 17.4 Å². The number of benzene rings is 1. The molecule has 0 heterocycles. The molecule has 106 valence electrons. The Bertz CT molecular complexity index is 472. The van der Waals surface area contributed by atoms with Gasteiger partial charge in [-0.05, 0) is 26.0 Å². The number of carbonyl (C=O) groups is 1. The number of Topliss-reactive ketones (excluding diaryl/α,β-unsaturated/α-hetero) is 1. The molecular weight excluding hydrogens is 285 g/mol. The van der Waals surface area contributed by atoms with E-state index < -0.39 is 17.5 Å². The minimum absolute atomic E-state index is 0.0180. The molecule has 1 aromatic rings. The van der Waals surface area contributed by atoms with Crippen LogP contribution >= 0.6 is 11.6 Å². The average Bonchev–Trinajstić information content (AvgIpc) is 2.31. The lowest BCUT2D eigenvalue weighted by atomic mass is 10.1. The van der Waals surface area contributed by atoms with Crippen molar-refractivity contribution in [3.8, 4) is 11.5 Å². The molecule has 0 radical (unpaired) electrons. The van der Waals surface area contributed by atoms with Crippen LogP contribution in [0.1, 0.15) is 24.2 Å². The standard InChI is InChI=1S/C12H12ClF3O3/c1-3-18-9-6-7(11(17)12(14,15)16)5-8(13)10(9)19-4-2/h5-6H,3-4H2,1-2H3. The SMILES string of the molecule is CCOc1cc(C(=O)C(F)(F)F)cc(Cl)c1OCC. The van der Waals surface area contributed by atoms with Crippen LogP contribution in [0.3, 0.4) is 0 Å². The number of rotatable bonds is 5. The predicted molar refractivity (Wildman–Crippen MR) is 64.2 cm³/mol. The molecule has 0 bridgehead atoms. The molecule has 0 aliphatic heterocycles. The maximum atomic E-state index is 12.4. The van der Waals surface area contributed by atoms with E-state index in [1.54, 1.807) is 13.8 Å². The molecule has 0 aliphatic rings. The second-order valence-corrected chi connectivity index (χ2v) is 3.89. The van der Waals surface area contributed by atoms with Crippen LogP contribution < -0.4 is 9.47 Å².